The molecule has 2 aromatic rings. The van der Waals surface area contributed by atoms with Gasteiger partial charge in [-0.2, -0.15) is 5.32 Å². The first kappa shape index (κ1) is 14.7. The number of benzene rings is 2. The number of hydrogen-bond donors (Lipinski definition) is 2. The lowest BCUT2D eigenvalue weighted by Gasteiger charge is -2.10. The van der Waals surface area contributed by atoms with Gasteiger partial charge in [-0.1, -0.05) is 29.8 Å². The third-order valence-corrected chi connectivity index (χ3v) is 3.48. The molecule has 2 amide bonds. The van der Waals surface area contributed by atoms with E-state index in [2.05, 4.69) is 16.0 Å². The molecule has 0 unspecified atom stereocenters. The molecular weight excluding hydrogens is 302 g/mol. The van der Waals surface area contributed by atoms with Crippen LogP contribution in [0.5, 0.6) is 5.75 Å². The van der Waals surface area contributed by atoms with Crippen LogP contribution in [0.4, 0.5) is 16.2 Å². The number of halogens is 1. The quantitative estimate of drug-likeness (QED) is 0.804. The van der Waals surface area contributed by atoms with Gasteiger partial charge in [0.1, 0.15) is 18.0 Å². The number of fused-ring (bicyclic) bond motifs is 1. The molecule has 1 aliphatic heterocycles. The van der Waals surface area contributed by atoms with E-state index in [1.54, 1.807) is 6.07 Å². The molecule has 0 bridgehead atoms. The van der Waals surface area contributed by atoms with Crippen molar-refractivity contribution in [1.29, 1.82) is 0 Å². The van der Waals surface area contributed by atoms with Crippen molar-refractivity contribution < 1.29 is 9.53 Å². The van der Waals surface area contributed by atoms with E-state index in [9.17, 15) is 4.79 Å². The number of ether oxygens (including phenoxy) is 1. The maximum absolute atomic E-state index is 11.3. The minimum absolute atomic E-state index is 0.355. The van der Waals surface area contributed by atoms with Crippen molar-refractivity contribution >= 4 is 29.0 Å². The molecule has 0 spiro atoms. The Kier molecular flexibility index (Phi) is 4.46. The number of para-hydroxylation sites is 1. The van der Waals surface area contributed by atoms with Crippen LogP contribution < -0.4 is 20.7 Å². The maximum Gasteiger partial charge on any atom is 0.346 e. The van der Waals surface area contributed by atoms with Gasteiger partial charge in [-0.25, -0.2) is 4.79 Å². The van der Waals surface area contributed by atoms with Crippen LogP contribution in [0.15, 0.2) is 42.5 Å². The fraction of sp³-hybridized carbons (Fsp3) is 0.188. The molecule has 6 heteroatoms. The first-order valence-corrected chi connectivity index (χ1v) is 7.34. The molecule has 1 heterocycles. The van der Waals surface area contributed by atoms with Gasteiger partial charge in [0.2, 0.25) is 0 Å². The monoisotopic (exact) mass is 316 g/mol. The Labute approximate surface area is 133 Å². The maximum atomic E-state index is 11.3. The minimum Gasteiger partial charge on any atom is -0.490 e. The molecular formula is C16H15ClN3O2. The molecule has 2 N–H and O–H groups in total. The SMILES string of the molecule is O=C1[N]c2c(cccc2OCCNCc2ccc(Cl)cc2)N1. The average Bonchev–Trinajstić information content (AvgIpc) is 2.90. The predicted octanol–water partition coefficient (Wildman–Crippen LogP) is 3.29. The summed E-state index contributed by atoms with van der Waals surface area (Å²) in [5.41, 5.74) is 2.43. The van der Waals surface area contributed by atoms with Crippen molar-refractivity contribution in [3.05, 3.63) is 53.1 Å². The number of carbonyl (C=O) groups is 1. The minimum atomic E-state index is -0.355. The average molecular weight is 317 g/mol. The van der Waals surface area contributed by atoms with Crippen molar-refractivity contribution in [1.82, 2.24) is 10.6 Å². The molecule has 5 nitrogen and oxygen atoms in total. The number of hydrogen-bond acceptors (Lipinski definition) is 3. The van der Waals surface area contributed by atoms with Gasteiger partial charge in [-0.05, 0) is 29.8 Å². The molecule has 1 aliphatic rings. The zero-order valence-corrected chi connectivity index (χ0v) is 12.6. The highest BCUT2D eigenvalue weighted by atomic mass is 35.5. The van der Waals surface area contributed by atoms with Crippen molar-refractivity contribution in [2.24, 2.45) is 0 Å². The molecule has 0 atom stereocenters. The molecule has 3 rings (SSSR count). The molecule has 0 aliphatic carbocycles. The number of amides is 2. The molecule has 22 heavy (non-hydrogen) atoms. The van der Waals surface area contributed by atoms with Crippen molar-refractivity contribution in [3.8, 4) is 5.75 Å². The van der Waals surface area contributed by atoms with Gasteiger partial charge in [0, 0.05) is 18.1 Å². The number of nitrogens with zero attached hydrogens (tertiary/aromatic N) is 1. The highest BCUT2D eigenvalue weighted by molar-refractivity contribution is 6.30. The third kappa shape index (κ3) is 3.50. The highest BCUT2D eigenvalue weighted by Gasteiger charge is 2.22. The predicted molar refractivity (Wildman–Crippen MR) is 85.9 cm³/mol. The van der Waals surface area contributed by atoms with E-state index < -0.39 is 0 Å². The second-order valence-corrected chi connectivity index (χ2v) is 5.28. The number of nitrogens with one attached hydrogen (secondary N) is 2. The Bertz CT molecular complexity index is 674. The summed E-state index contributed by atoms with van der Waals surface area (Å²) in [6, 6.07) is 12.8. The van der Waals surface area contributed by atoms with Gasteiger partial charge in [-0.15, -0.1) is 0 Å². The van der Waals surface area contributed by atoms with E-state index in [0.717, 1.165) is 17.1 Å². The smallest absolute Gasteiger partial charge is 0.346 e. The number of rotatable bonds is 6. The van der Waals surface area contributed by atoms with E-state index in [1.807, 2.05) is 36.4 Å². The summed E-state index contributed by atoms with van der Waals surface area (Å²) >= 11 is 5.84. The molecule has 0 aromatic heterocycles. The third-order valence-electron chi connectivity index (χ3n) is 3.23. The lowest BCUT2D eigenvalue weighted by molar-refractivity contribution is 0.255. The van der Waals surface area contributed by atoms with Crippen LogP contribution in [0.25, 0.3) is 0 Å². The second-order valence-electron chi connectivity index (χ2n) is 4.85. The van der Waals surface area contributed by atoms with Gasteiger partial charge in [0.15, 0.2) is 0 Å². The zero-order valence-electron chi connectivity index (χ0n) is 11.8. The van der Waals surface area contributed by atoms with Crippen LogP contribution >= 0.6 is 11.6 Å². The highest BCUT2D eigenvalue weighted by Crippen LogP contribution is 2.36. The van der Waals surface area contributed by atoms with E-state index in [-0.39, 0.29) is 6.03 Å². The molecule has 2 aromatic carbocycles. The lowest BCUT2D eigenvalue weighted by Crippen LogP contribution is -2.20. The van der Waals surface area contributed by atoms with Gasteiger partial charge in [-0.3, -0.25) is 0 Å². The molecule has 0 saturated carbocycles. The molecule has 0 saturated heterocycles. The largest absolute Gasteiger partial charge is 0.490 e. The zero-order chi connectivity index (χ0) is 15.4. The summed E-state index contributed by atoms with van der Waals surface area (Å²) in [5.74, 6) is 0.615. The van der Waals surface area contributed by atoms with Crippen molar-refractivity contribution in [3.63, 3.8) is 0 Å². The Morgan fingerprint density at radius 3 is 2.82 bits per heavy atom. The van der Waals surface area contributed by atoms with Crippen LogP contribution in [0.3, 0.4) is 0 Å². The van der Waals surface area contributed by atoms with E-state index in [1.165, 1.54) is 0 Å². The van der Waals surface area contributed by atoms with Gasteiger partial charge < -0.3 is 15.4 Å². The molecule has 0 fully saturated rings. The summed E-state index contributed by atoms with van der Waals surface area (Å²) in [7, 11) is 0. The van der Waals surface area contributed by atoms with Crippen LogP contribution in [0, 0.1) is 0 Å². The second kappa shape index (κ2) is 6.68. The summed E-state index contributed by atoms with van der Waals surface area (Å²) in [6.45, 7) is 1.93. The normalized spacial score (nSPS) is 12.5. The van der Waals surface area contributed by atoms with E-state index in [4.69, 9.17) is 16.3 Å². The van der Waals surface area contributed by atoms with Gasteiger partial charge in [0.25, 0.3) is 0 Å². The van der Waals surface area contributed by atoms with Crippen LogP contribution in [-0.2, 0) is 6.54 Å². The number of anilines is 1. The first-order chi connectivity index (χ1) is 10.7. The Morgan fingerprint density at radius 1 is 1.18 bits per heavy atom. The van der Waals surface area contributed by atoms with Gasteiger partial charge >= 0.3 is 6.03 Å². The summed E-state index contributed by atoms with van der Waals surface area (Å²) < 4.78 is 5.68. The standard InChI is InChI=1S/C16H15ClN3O2/c17-12-6-4-11(5-7-12)10-18-8-9-22-14-3-1-2-13-15(14)20-16(21)19-13/h1-7,18H,8-10H2,(H,19,21). The fourth-order valence-corrected chi connectivity index (χ4v) is 2.29. The Hall–Kier alpha value is -2.24. The molecule has 1 radical (unpaired) electrons. The van der Waals surface area contributed by atoms with Crippen molar-refractivity contribution in [2.75, 3.05) is 18.5 Å². The number of urea groups is 1. The van der Waals surface area contributed by atoms with Gasteiger partial charge in [0.05, 0.1) is 5.69 Å². The summed E-state index contributed by atoms with van der Waals surface area (Å²) in [4.78, 5) is 11.3. The first-order valence-electron chi connectivity index (χ1n) is 6.96. The fourth-order valence-electron chi connectivity index (χ4n) is 2.17. The Morgan fingerprint density at radius 2 is 2.00 bits per heavy atom. The molecule has 113 valence electrons. The van der Waals surface area contributed by atoms with Crippen LogP contribution in [0.2, 0.25) is 5.02 Å². The van der Waals surface area contributed by atoms with Crippen LogP contribution in [0.1, 0.15) is 5.56 Å². The van der Waals surface area contributed by atoms with E-state index >= 15 is 0 Å². The van der Waals surface area contributed by atoms with Crippen molar-refractivity contribution in [2.45, 2.75) is 6.54 Å². The summed E-state index contributed by atoms with van der Waals surface area (Å²) in [6.07, 6.45) is 0. The topological polar surface area (TPSA) is 64.5 Å². The van der Waals surface area contributed by atoms with Crippen LogP contribution in [-0.4, -0.2) is 19.2 Å². The number of carbonyl (C=O) groups excluding carboxylic acids is 1. The summed E-state index contributed by atoms with van der Waals surface area (Å²) in [5, 5.41) is 10.6. The van der Waals surface area contributed by atoms with E-state index in [0.29, 0.717) is 30.3 Å². The Balaban J connectivity index is 1.45. The lowest BCUT2D eigenvalue weighted by atomic mass is 10.2.